The highest BCUT2D eigenvalue weighted by molar-refractivity contribution is 7.91. The fraction of sp³-hybridized carbons (Fsp3) is 0.833. The van der Waals surface area contributed by atoms with Gasteiger partial charge >= 0.3 is 5.97 Å². The number of ether oxygens (including phenoxy) is 7. The third-order valence-corrected chi connectivity index (χ3v) is 18.3. The van der Waals surface area contributed by atoms with E-state index in [-0.39, 0.29) is 54.4 Å². The molecule has 3 saturated heterocycles. The number of sulfone groups is 1. The van der Waals surface area contributed by atoms with Crippen molar-refractivity contribution in [2.75, 3.05) is 60.5 Å². The Morgan fingerprint density at radius 1 is 0.947 bits per heavy atom. The van der Waals surface area contributed by atoms with E-state index in [1.807, 2.05) is 39.8 Å². The second-order valence-electron chi connectivity index (χ2n) is 22.8. The fourth-order valence-electron chi connectivity index (χ4n) is 11.7. The number of aliphatic hydroxyl groups is 4. The number of halogens is 2. The van der Waals surface area contributed by atoms with Gasteiger partial charge in [-0.05, 0) is 112 Å². The molecule has 2 aromatic rings. The lowest BCUT2D eigenvalue weighted by atomic mass is 9.77. The molecule has 1 aromatic heterocycles. The maximum absolute atomic E-state index is 14.8. The first-order valence-electron chi connectivity index (χ1n) is 27.0. The highest BCUT2D eigenvalue weighted by atomic mass is 32.2. The number of likely N-dealkylation sites (N-methyl/N-ethyl adjacent to an activating group) is 2. The SMILES string of the molecule is CC[C@H]1OC(=O)[C@H](C)[C@@H](O[C@H]2C[C@@](C)(OC)C(O)[C@H](C)O2)[C@H](C)[C@@H](O[C@H]2C[C@@H](N(C)CCc3cn([C@H](CF)[C@H](OC)c4ccc(S(=O)(=O)CCCF)cc4)nn3)C[C@@H](C)O2)[C@](C)(O)C[C@@H](C)CN(C)[C@H](C)[C@@H](O)[C@]1(C)O. The van der Waals surface area contributed by atoms with Crippen LogP contribution in [0.15, 0.2) is 35.4 Å². The Labute approximate surface area is 450 Å². The lowest BCUT2D eigenvalue weighted by molar-refractivity contribution is -0.308. The molecule has 0 amide bonds. The summed E-state index contributed by atoms with van der Waals surface area (Å²) in [6.07, 6.45) is -5.46. The average Bonchev–Trinajstić information content (AvgIpc) is 3.85. The molecule has 3 aliphatic heterocycles. The van der Waals surface area contributed by atoms with Gasteiger partial charge in [0.15, 0.2) is 22.4 Å². The molecular formula is C54H91F2N5O14S. The third-order valence-electron chi connectivity index (χ3n) is 16.5. The number of benzene rings is 1. The highest BCUT2D eigenvalue weighted by Gasteiger charge is 2.52. The molecule has 0 bridgehead atoms. The van der Waals surface area contributed by atoms with Gasteiger partial charge in [0.05, 0.1) is 64.6 Å². The number of rotatable bonds is 19. The molecule has 3 fully saturated rings. The lowest BCUT2D eigenvalue weighted by Gasteiger charge is -2.48. The molecular weight excluding hydrogens is 1010 g/mol. The molecule has 19 atom stereocenters. The number of hydrogen-bond donors (Lipinski definition) is 4. The van der Waals surface area contributed by atoms with Crippen LogP contribution in [-0.2, 0) is 54.2 Å². The molecule has 0 saturated carbocycles. The zero-order valence-electron chi connectivity index (χ0n) is 47.4. The monoisotopic (exact) mass is 1100 g/mol. The van der Waals surface area contributed by atoms with Gasteiger partial charge in [-0.15, -0.1) is 5.10 Å². The van der Waals surface area contributed by atoms with Crippen LogP contribution in [-0.4, -0.2) is 204 Å². The van der Waals surface area contributed by atoms with Gasteiger partial charge in [-0.3, -0.25) is 9.18 Å². The Bertz CT molecular complexity index is 2230. The Hall–Kier alpha value is -2.84. The summed E-state index contributed by atoms with van der Waals surface area (Å²) in [7, 11) is 3.09. The van der Waals surface area contributed by atoms with Crippen LogP contribution in [0.25, 0.3) is 0 Å². The van der Waals surface area contributed by atoms with E-state index in [0.29, 0.717) is 43.6 Å². The zero-order chi connectivity index (χ0) is 56.7. The molecule has 0 aliphatic carbocycles. The molecule has 1 aromatic carbocycles. The summed E-state index contributed by atoms with van der Waals surface area (Å²) in [5.74, 6) is -2.99. The summed E-state index contributed by atoms with van der Waals surface area (Å²) in [6.45, 7) is 17.1. The largest absolute Gasteiger partial charge is 0.459 e. The van der Waals surface area contributed by atoms with Gasteiger partial charge in [-0.2, -0.15) is 0 Å². The van der Waals surface area contributed by atoms with Gasteiger partial charge in [-0.1, -0.05) is 38.1 Å². The summed E-state index contributed by atoms with van der Waals surface area (Å²) in [5.41, 5.74) is -3.33. The molecule has 76 heavy (non-hydrogen) atoms. The second kappa shape index (κ2) is 27.1. The quantitative estimate of drug-likeness (QED) is 0.133. The van der Waals surface area contributed by atoms with Crippen molar-refractivity contribution in [1.29, 1.82) is 0 Å². The standard InChI is InChI=1S/C54H91F2N5O14S/c1-15-43-54(10,66)48(62)36(6)60(12)30-32(2)27-52(8,65)50(34(4)46(35(5)51(64)73-43)74-45-28-53(9,70-14)49(63)37(7)72-45)75-44-26-40(25-33(3)71-44)59(11)23-21-39-31-61(58-57-39)42(29-56)47(69-13)38-17-19-41(20-18-38)76(67,68)24-16-22-55/h17-20,31-37,40,42-50,62-63,65-66H,15-16,21-30H2,1-14H3/t32-,33-,34+,35-,36-,37+,40+,42-,43-,44+,45+,46+,47-,48-,49?,50-,52-,53-,54-/m1/s1. The van der Waals surface area contributed by atoms with Crippen molar-refractivity contribution in [2.24, 2.45) is 17.8 Å². The number of hydrogen-bond acceptors (Lipinski definition) is 18. The van der Waals surface area contributed by atoms with E-state index in [4.69, 9.17) is 33.2 Å². The third kappa shape index (κ3) is 15.3. The molecule has 4 N–H and O–H groups in total. The molecule has 0 spiro atoms. The Balaban J connectivity index is 1.40. The number of esters is 1. The summed E-state index contributed by atoms with van der Waals surface area (Å²) in [6, 6.07) is 4.39. The first-order chi connectivity index (χ1) is 35.6. The van der Waals surface area contributed by atoms with Gasteiger partial charge in [-0.25, -0.2) is 17.5 Å². The zero-order valence-corrected chi connectivity index (χ0v) is 48.2. The molecule has 4 heterocycles. The number of nitrogens with zero attached hydrogens (tertiary/aromatic N) is 5. The van der Waals surface area contributed by atoms with Crippen LogP contribution in [0.4, 0.5) is 8.78 Å². The molecule has 5 rings (SSSR count). The van der Waals surface area contributed by atoms with Crippen molar-refractivity contribution >= 4 is 15.8 Å². The van der Waals surface area contributed by atoms with E-state index in [1.165, 1.54) is 38.0 Å². The minimum atomic E-state index is -3.68. The highest BCUT2D eigenvalue weighted by Crippen LogP contribution is 2.41. The van der Waals surface area contributed by atoms with Crippen LogP contribution in [0.2, 0.25) is 0 Å². The Morgan fingerprint density at radius 3 is 2.22 bits per heavy atom. The van der Waals surface area contributed by atoms with Crippen molar-refractivity contribution in [2.45, 2.75) is 215 Å². The molecule has 19 nitrogen and oxygen atoms in total. The van der Waals surface area contributed by atoms with Crippen molar-refractivity contribution in [1.82, 2.24) is 24.8 Å². The lowest BCUT2D eigenvalue weighted by Crippen LogP contribution is -2.59. The minimum Gasteiger partial charge on any atom is -0.459 e. The summed E-state index contributed by atoms with van der Waals surface area (Å²) in [5, 5.41) is 56.2. The summed E-state index contributed by atoms with van der Waals surface area (Å²) < 4.78 is 98.6. The topological polar surface area (TPSA) is 234 Å². The number of cyclic esters (lactones) is 1. The predicted molar refractivity (Wildman–Crippen MR) is 279 cm³/mol. The number of aliphatic hydroxyl groups excluding tert-OH is 2. The van der Waals surface area contributed by atoms with E-state index in [1.54, 1.807) is 59.9 Å². The van der Waals surface area contributed by atoms with E-state index in [2.05, 4.69) is 15.2 Å². The predicted octanol–water partition coefficient (Wildman–Crippen LogP) is 5.17. The van der Waals surface area contributed by atoms with E-state index in [0.717, 1.165) is 0 Å². The van der Waals surface area contributed by atoms with Crippen LogP contribution in [0.5, 0.6) is 0 Å². The summed E-state index contributed by atoms with van der Waals surface area (Å²) >= 11 is 0. The molecule has 436 valence electrons. The number of carbonyl (C=O) groups is 1. The first kappa shape index (κ1) is 64.0. The van der Waals surface area contributed by atoms with Gasteiger partial charge in [0.2, 0.25) is 0 Å². The summed E-state index contributed by atoms with van der Waals surface area (Å²) in [4.78, 5) is 18.7. The maximum atomic E-state index is 14.8. The maximum Gasteiger partial charge on any atom is 0.311 e. The van der Waals surface area contributed by atoms with E-state index < -0.39 is 125 Å². The van der Waals surface area contributed by atoms with Crippen molar-refractivity contribution in [3.63, 3.8) is 0 Å². The van der Waals surface area contributed by atoms with Crippen LogP contribution < -0.4 is 0 Å². The van der Waals surface area contributed by atoms with Crippen molar-refractivity contribution < 1.29 is 75.6 Å². The van der Waals surface area contributed by atoms with E-state index >= 15 is 0 Å². The van der Waals surface area contributed by atoms with Gasteiger partial charge in [0.25, 0.3) is 0 Å². The second-order valence-corrected chi connectivity index (χ2v) is 24.9. The van der Waals surface area contributed by atoms with Crippen LogP contribution >= 0.6 is 0 Å². The van der Waals surface area contributed by atoms with Crippen molar-refractivity contribution in [3.05, 3.63) is 41.7 Å². The van der Waals surface area contributed by atoms with Crippen LogP contribution in [0, 0.1) is 17.8 Å². The normalized spacial score (nSPS) is 37.8. The Morgan fingerprint density at radius 2 is 1.62 bits per heavy atom. The van der Waals surface area contributed by atoms with Crippen LogP contribution in [0.3, 0.4) is 0 Å². The number of alkyl halides is 2. The average molecular weight is 1100 g/mol. The van der Waals surface area contributed by atoms with Gasteiger partial charge < -0.3 is 63.4 Å². The molecule has 3 aliphatic rings. The number of methoxy groups -OCH3 is 2. The number of carbonyl (C=O) groups excluding carboxylic acids is 1. The van der Waals surface area contributed by atoms with Gasteiger partial charge in [0.1, 0.15) is 42.7 Å². The van der Waals surface area contributed by atoms with Gasteiger partial charge in [0, 0.05) is 70.8 Å². The smallest absolute Gasteiger partial charge is 0.311 e. The number of aromatic nitrogens is 3. The molecule has 1 unspecified atom stereocenters. The fourth-order valence-corrected chi connectivity index (χ4v) is 13.0. The van der Waals surface area contributed by atoms with Crippen LogP contribution in [0.1, 0.15) is 131 Å². The minimum absolute atomic E-state index is 0.0434. The Kier molecular flexibility index (Phi) is 22.8. The first-order valence-corrected chi connectivity index (χ1v) is 28.7. The van der Waals surface area contributed by atoms with E-state index in [9.17, 15) is 42.4 Å². The molecule has 0 radical (unpaired) electrons. The molecule has 22 heteroatoms. The van der Waals surface area contributed by atoms with Crippen molar-refractivity contribution in [3.8, 4) is 0 Å².